The molecule has 0 saturated carbocycles. The van der Waals surface area contributed by atoms with Gasteiger partial charge in [-0.25, -0.2) is 0 Å². The zero-order chi connectivity index (χ0) is 13.3. The minimum absolute atomic E-state index is 0.0390. The first-order valence-corrected chi connectivity index (χ1v) is 7.47. The van der Waals surface area contributed by atoms with Crippen LogP contribution in [0, 0.1) is 5.92 Å². The number of carbonyl (C=O) groups is 1. The predicted molar refractivity (Wildman–Crippen MR) is 73.9 cm³/mol. The maximum atomic E-state index is 11.6. The quantitative estimate of drug-likeness (QED) is 0.402. The Hall–Kier alpha value is -0.870. The first-order chi connectivity index (χ1) is 9.34. The predicted octanol–water partition coefficient (Wildman–Crippen LogP) is 2.00. The van der Waals surface area contributed by atoms with Crippen molar-refractivity contribution < 1.29 is 14.3 Å². The van der Waals surface area contributed by atoms with E-state index in [2.05, 4.69) is 17.1 Å². The smallest absolute Gasteiger partial charge is 0.306 e. The maximum Gasteiger partial charge on any atom is 0.306 e. The van der Waals surface area contributed by atoms with Crippen molar-refractivity contribution in [3.8, 4) is 0 Å². The van der Waals surface area contributed by atoms with Gasteiger partial charge >= 0.3 is 5.97 Å². The van der Waals surface area contributed by atoms with E-state index in [1.165, 1.54) is 0 Å². The van der Waals surface area contributed by atoms with Crippen molar-refractivity contribution in [1.29, 1.82) is 0 Å². The molecule has 2 aliphatic rings. The highest BCUT2D eigenvalue weighted by molar-refractivity contribution is 5.70. The number of unbranched alkanes of at least 4 members (excludes halogenated alkanes) is 1. The third-order valence-corrected chi connectivity index (χ3v) is 3.78. The molecule has 1 aliphatic carbocycles. The number of allylic oxidation sites excluding steroid dienone is 2. The fourth-order valence-electron chi connectivity index (χ4n) is 2.59. The van der Waals surface area contributed by atoms with E-state index in [0.717, 1.165) is 58.5 Å². The Labute approximate surface area is 115 Å². The van der Waals surface area contributed by atoms with Crippen LogP contribution in [0.5, 0.6) is 0 Å². The zero-order valence-electron chi connectivity index (χ0n) is 11.7. The van der Waals surface area contributed by atoms with Crippen LogP contribution in [0.4, 0.5) is 0 Å². The SMILES string of the molecule is O=C(CC1C=CCC1)OCCCCN1CCOCC1. The molecule has 0 spiro atoms. The third-order valence-electron chi connectivity index (χ3n) is 3.78. The molecule has 0 aromatic rings. The summed E-state index contributed by atoms with van der Waals surface area (Å²) >= 11 is 0. The van der Waals surface area contributed by atoms with E-state index in [0.29, 0.717) is 18.9 Å². The van der Waals surface area contributed by atoms with Crippen LogP contribution >= 0.6 is 0 Å². The number of nitrogens with zero attached hydrogens (tertiary/aromatic N) is 1. The van der Waals surface area contributed by atoms with Crippen molar-refractivity contribution in [2.75, 3.05) is 39.5 Å². The molecule has 1 saturated heterocycles. The second kappa shape index (κ2) is 8.33. The van der Waals surface area contributed by atoms with Crippen molar-refractivity contribution in [2.24, 2.45) is 5.92 Å². The number of ether oxygens (including phenoxy) is 2. The van der Waals surface area contributed by atoms with Gasteiger partial charge in [0.05, 0.1) is 26.2 Å². The Bertz CT molecular complexity index is 298. The summed E-state index contributed by atoms with van der Waals surface area (Å²) in [6.45, 7) is 5.43. The summed E-state index contributed by atoms with van der Waals surface area (Å²) < 4.78 is 10.6. The Morgan fingerprint density at radius 1 is 1.32 bits per heavy atom. The van der Waals surface area contributed by atoms with Crippen LogP contribution in [0.25, 0.3) is 0 Å². The molecule has 0 aromatic carbocycles. The highest BCUT2D eigenvalue weighted by Gasteiger charge is 2.14. The molecule has 108 valence electrons. The second-order valence-electron chi connectivity index (χ2n) is 5.35. The van der Waals surface area contributed by atoms with E-state index < -0.39 is 0 Å². The molecule has 2 rings (SSSR count). The summed E-state index contributed by atoms with van der Waals surface area (Å²) in [6.07, 6.45) is 9.11. The van der Waals surface area contributed by atoms with Gasteiger partial charge < -0.3 is 9.47 Å². The molecule has 1 aliphatic heterocycles. The number of hydrogen-bond acceptors (Lipinski definition) is 4. The molecular weight excluding hydrogens is 242 g/mol. The Morgan fingerprint density at radius 3 is 2.89 bits per heavy atom. The highest BCUT2D eigenvalue weighted by atomic mass is 16.5. The maximum absolute atomic E-state index is 11.6. The largest absolute Gasteiger partial charge is 0.466 e. The third kappa shape index (κ3) is 5.74. The van der Waals surface area contributed by atoms with Crippen LogP contribution in [0.1, 0.15) is 32.1 Å². The molecule has 0 bridgehead atoms. The molecule has 1 heterocycles. The summed E-state index contributed by atoms with van der Waals surface area (Å²) in [5.74, 6) is 0.378. The second-order valence-corrected chi connectivity index (χ2v) is 5.35. The van der Waals surface area contributed by atoms with Gasteiger partial charge in [0.2, 0.25) is 0 Å². The van der Waals surface area contributed by atoms with E-state index in [4.69, 9.17) is 9.47 Å². The molecule has 1 unspecified atom stereocenters. The lowest BCUT2D eigenvalue weighted by molar-refractivity contribution is -0.144. The number of carbonyl (C=O) groups excluding carboxylic acids is 1. The molecule has 0 amide bonds. The van der Waals surface area contributed by atoms with Gasteiger partial charge in [-0.05, 0) is 38.1 Å². The van der Waals surface area contributed by atoms with Crippen molar-refractivity contribution in [1.82, 2.24) is 4.90 Å². The van der Waals surface area contributed by atoms with E-state index in [1.54, 1.807) is 0 Å². The van der Waals surface area contributed by atoms with Gasteiger partial charge in [-0.2, -0.15) is 0 Å². The summed E-state index contributed by atoms with van der Waals surface area (Å²) in [7, 11) is 0. The van der Waals surface area contributed by atoms with Gasteiger partial charge in [-0.3, -0.25) is 9.69 Å². The van der Waals surface area contributed by atoms with Gasteiger partial charge in [0.1, 0.15) is 0 Å². The summed E-state index contributed by atoms with van der Waals surface area (Å²) in [5, 5.41) is 0. The van der Waals surface area contributed by atoms with Crippen LogP contribution in [0.15, 0.2) is 12.2 Å². The van der Waals surface area contributed by atoms with E-state index in [1.807, 2.05) is 0 Å². The average molecular weight is 267 g/mol. The van der Waals surface area contributed by atoms with E-state index >= 15 is 0 Å². The van der Waals surface area contributed by atoms with Crippen molar-refractivity contribution in [3.63, 3.8) is 0 Å². The normalized spacial score (nSPS) is 23.7. The summed E-state index contributed by atoms with van der Waals surface area (Å²) in [6, 6.07) is 0. The Kier molecular flexibility index (Phi) is 6.37. The molecule has 1 fully saturated rings. The minimum atomic E-state index is -0.0390. The first-order valence-electron chi connectivity index (χ1n) is 7.47. The lowest BCUT2D eigenvalue weighted by Crippen LogP contribution is -2.36. The highest BCUT2D eigenvalue weighted by Crippen LogP contribution is 2.20. The van der Waals surface area contributed by atoms with Crippen LogP contribution in [-0.4, -0.2) is 50.3 Å². The number of morpholine rings is 1. The van der Waals surface area contributed by atoms with Gasteiger partial charge in [0, 0.05) is 13.1 Å². The Balaban J connectivity index is 1.44. The minimum Gasteiger partial charge on any atom is -0.466 e. The monoisotopic (exact) mass is 267 g/mol. The molecular formula is C15H25NO3. The molecule has 4 heteroatoms. The fraction of sp³-hybridized carbons (Fsp3) is 0.800. The van der Waals surface area contributed by atoms with Gasteiger partial charge in [0.25, 0.3) is 0 Å². The standard InChI is InChI=1S/C15H25NO3/c17-15(13-14-5-1-2-6-14)19-10-4-3-7-16-8-11-18-12-9-16/h1,5,14H,2-4,6-13H2. The number of esters is 1. The summed E-state index contributed by atoms with van der Waals surface area (Å²) in [4.78, 5) is 14.0. The Morgan fingerprint density at radius 2 is 2.16 bits per heavy atom. The van der Waals surface area contributed by atoms with Crippen LogP contribution < -0.4 is 0 Å². The van der Waals surface area contributed by atoms with Crippen molar-refractivity contribution >= 4 is 5.97 Å². The fourth-order valence-corrected chi connectivity index (χ4v) is 2.59. The van der Waals surface area contributed by atoms with Gasteiger partial charge in [0.15, 0.2) is 0 Å². The van der Waals surface area contributed by atoms with Crippen LogP contribution in [0.3, 0.4) is 0 Å². The first kappa shape index (κ1) is 14.5. The van der Waals surface area contributed by atoms with Crippen molar-refractivity contribution in [3.05, 3.63) is 12.2 Å². The van der Waals surface area contributed by atoms with Gasteiger partial charge in [-0.15, -0.1) is 0 Å². The topological polar surface area (TPSA) is 38.8 Å². The molecule has 19 heavy (non-hydrogen) atoms. The lowest BCUT2D eigenvalue weighted by Gasteiger charge is -2.26. The lowest BCUT2D eigenvalue weighted by atomic mass is 10.1. The van der Waals surface area contributed by atoms with E-state index in [9.17, 15) is 4.79 Å². The summed E-state index contributed by atoms with van der Waals surface area (Å²) in [5.41, 5.74) is 0. The van der Waals surface area contributed by atoms with E-state index in [-0.39, 0.29) is 5.97 Å². The molecule has 4 nitrogen and oxygen atoms in total. The number of hydrogen-bond donors (Lipinski definition) is 0. The molecule has 1 atom stereocenters. The number of rotatable bonds is 7. The van der Waals surface area contributed by atoms with Crippen LogP contribution in [-0.2, 0) is 14.3 Å². The van der Waals surface area contributed by atoms with Gasteiger partial charge in [-0.1, -0.05) is 12.2 Å². The molecule has 0 radical (unpaired) electrons. The zero-order valence-corrected chi connectivity index (χ0v) is 11.7. The molecule has 0 N–H and O–H groups in total. The van der Waals surface area contributed by atoms with Crippen molar-refractivity contribution in [2.45, 2.75) is 32.1 Å². The molecule has 0 aromatic heterocycles. The average Bonchev–Trinajstić information content (AvgIpc) is 2.92. The van der Waals surface area contributed by atoms with Crippen LogP contribution in [0.2, 0.25) is 0 Å².